The number of carboxylic acids is 1. The molecular formula is C39H40ClN7O7. The van der Waals surface area contributed by atoms with Crippen LogP contribution in [0.2, 0.25) is 5.02 Å². The Balaban J connectivity index is 1.23. The zero-order valence-electron chi connectivity index (χ0n) is 29.5. The molecule has 0 spiro atoms. The van der Waals surface area contributed by atoms with Crippen LogP contribution < -0.4 is 14.8 Å². The first-order valence-electron chi connectivity index (χ1n) is 17.7. The molecule has 3 aromatic carbocycles. The summed E-state index contributed by atoms with van der Waals surface area (Å²) >= 11 is 6.65. The van der Waals surface area contributed by atoms with Crippen LogP contribution in [0.25, 0.3) is 22.0 Å². The summed E-state index contributed by atoms with van der Waals surface area (Å²) in [5.41, 5.74) is 3.66. The first-order chi connectivity index (χ1) is 26.2. The summed E-state index contributed by atoms with van der Waals surface area (Å²) < 4.78 is 14.2. The number of carbonyl (C=O) groups is 1. The lowest BCUT2D eigenvalue weighted by molar-refractivity contribution is -0.385. The van der Waals surface area contributed by atoms with Gasteiger partial charge < -0.3 is 24.6 Å². The Morgan fingerprint density at radius 2 is 1.76 bits per heavy atom. The second-order valence-corrected chi connectivity index (χ2v) is 13.5. The number of halogens is 1. The molecule has 2 aromatic heterocycles. The second-order valence-electron chi connectivity index (χ2n) is 13.0. The van der Waals surface area contributed by atoms with E-state index < -0.39 is 23.5 Å². The van der Waals surface area contributed by atoms with Crippen LogP contribution in [-0.2, 0) is 31.1 Å². The maximum absolute atomic E-state index is 12.7. The van der Waals surface area contributed by atoms with E-state index >= 15 is 0 Å². The number of fused-ring (bicyclic) bond motifs is 1. The van der Waals surface area contributed by atoms with Gasteiger partial charge in [-0.05, 0) is 81.2 Å². The number of aryl methyl sites for hydroxylation is 1. The van der Waals surface area contributed by atoms with E-state index in [1.807, 2.05) is 29.0 Å². The van der Waals surface area contributed by atoms with Gasteiger partial charge in [0, 0.05) is 48.1 Å². The predicted molar refractivity (Wildman–Crippen MR) is 201 cm³/mol. The van der Waals surface area contributed by atoms with Gasteiger partial charge in [0.15, 0.2) is 0 Å². The Labute approximate surface area is 316 Å². The summed E-state index contributed by atoms with van der Waals surface area (Å²) in [6, 6.07) is 16.3. The third kappa shape index (κ3) is 9.12. The summed E-state index contributed by atoms with van der Waals surface area (Å²) in [4.78, 5) is 30.3. The summed E-state index contributed by atoms with van der Waals surface area (Å²) in [5, 5.41) is 49.2. The summed E-state index contributed by atoms with van der Waals surface area (Å²) in [5.74, 6) is -0.791. The van der Waals surface area contributed by atoms with Gasteiger partial charge in [0.05, 0.1) is 45.0 Å². The van der Waals surface area contributed by atoms with Crippen LogP contribution in [-0.4, -0.2) is 73.1 Å². The molecule has 3 heterocycles. The van der Waals surface area contributed by atoms with Gasteiger partial charge in [-0.25, -0.2) is 0 Å². The Bertz CT molecular complexity index is 2160. The molecule has 1 saturated heterocycles. The van der Waals surface area contributed by atoms with E-state index in [9.17, 15) is 30.4 Å². The maximum Gasteiger partial charge on any atom is 0.323 e. The molecule has 1 fully saturated rings. The standard InChI is InChI=1S/C39H40ClN7O7/c40-33-16-29(21-43-34(23-48)39(49)50)36(53-24-27-15-26(18-41)19-42-20-27)17-37(33)54-25-28-7-5-9-31(38(28)47(51)52)30-8-6-10-35-32(30)22-44-46(35)14-4-3-13-45-11-1-2-12-45/h5-10,15-17,19-20,22,34,43,48H,1-4,11-14,21,23-25H2,(H,49,50). The van der Waals surface area contributed by atoms with Crippen molar-refractivity contribution in [1.29, 1.82) is 5.26 Å². The number of pyridine rings is 1. The van der Waals surface area contributed by atoms with Gasteiger partial charge in [-0.15, -0.1) is 0 Å². The number of benzene rings is 3. The summed E-state index contributed by atoms with van der Waals surface area (Å²) in [7, 11) is 0. The van der Waals surface area contributed by atoms with Crippen molar-refractivity contribution in [2.45, 2.75) is 58.0 Å². The number of likely N-dealkylation sites (tertiary alicyclic amines) is 1. The average molecular weight is 754 g/mol. The van der Waals surface area contributed by atoms with Gasteiger partial charge in [0.25, 0.3) is 5.69 Å². The molecule has 1 unspecified atom stereocenters. The number of nitrogens with zero attached hydrogens (tertiary/aromatic N) is 6. The van der Waals surface area contributed by atoms with E-state index in [-0.39, 0.29) is 42.0 Å². The summed E-state index contributed by atoms with van der Waals surface area (Å²) in [6.07, 6.45) is 9.33. The van der Waals surface area contributed by atoms with Gasteiger partial charge in [-0.1, -0.05) is 29.8 Å². The van der Waals surface area contributed by atoms with Crippen molar-refractivity contribution in [2.75, 3.05) is 26.2 Å². The number of nitriles is 1. The molecule has 5 aromatic rings. The Morgan fingerprint density at radius 1 is 1.00 bits per heavy atom. The van der Waals surface area contributed by atoms with Gasteiger partial charge >= 0.3 is 5.97 Å². The number of nitro benzene ring substituents is 1. The largest absolute Gasteiger partial charge is 0.488 e. The fourth-order valence-electron chi connectivity index (χ4n) is 6.63. The van der Waals surface area contributed by atoms with Crippen LogP contribution in [0.4, 0.5) is 5.69 Å². The zero-order valence-corrected chi connectivity index (χ0v) is 30.2. The number of hydrogen-bond donors (Lipinski definition) is 3. The van der Waals surface area contributed by atoms with Crippen LogP contribution in [0.15, 0.2) is 73.2 Å². The van der Waals surface area contributed by atoms with Crippen LogP contribution in [0, 0.1) is 21.4 Å². The first-order valence-corrected chi connectivity index (χ1v) is 18.1. The van der Waals surface area contributed by atoms with Gasteiger partial charge in [0.2, 0.25) is 0 Å². The molecule has 0 radical (unpaired) electrons. The third-order valence-electron chi connectivity index (χ3n) is 9.41. The number of nitro groups is 1. The van der Waals surface area contributed by atoms with Crippen LogP contribution in [0.5, 0.6) is 11.5 Å². The van der Waals surface area contributed by atoms with Crippen molar-refractivity contribution in [3.63, 3.8) is 0 Å². The number of aliphatic hydroxyl groups excluding tert-OH is 1. The van der Waals surface area contributed by atoms with E-state index in [4.69, 9.17) is 21.1 Å². The van der Waals surface area contributed by atoms with Gasteiger partial charge in [-0.3, -0.25) is 29.9 Å². The molecule has 15 heteroatoms. The number of hydrogen-bond acceptors (Lipinski definition) is 11. The molecule has 0 saturated carbocycles. The number of carboxylic acid groups (broad SMARTS) is 1. The van der Waals surface area contributed by atoms with E-state index in [0.717, 1.165) is 36.8 Å². The molecule has 3 N–H and O–H groups in total. The molecule has 0 amide bonds. The molecule has 1 aliphatic heterocycles. The van der Waals surface area contributed by atoms with Crippen molar-refractivity contribution in [1.82, 2.24) is 25.0 Å². The van der Waals surface area contributed by atoms with E-state index in [0.29, 0.717) is 33.4 Å². The molecule has 0 aliphatic carbocycles. The van der Waals surface area contributed by atoms with Crippen molar-refractivity contribution >= 4 is 34.2 Å². The minimum atomic E-state index is -1.23. The number of para-hydroxylation sites is 1. The number of rotatable bonds is 18. The number of ether oxygens (including phenoxy) is 2. The molecule has 14 nitrogen and oxygen atoms in total. The Kier molecular flexibility index (Phi) is 12.7. The molecule has 0 bridgehead atoms. The normalized spacial score (nSPS) is 13.5. The van der Waals surface area contributed by atoms with Crippen LogP contribution >= 0.6 is 11.6 Å². The number of aliphatic hydroxyl groups is 1. The lowest BCUT2D eigenvalue weighted by Gasteiger charge is -2.18. The van der Waals surface area contributed by atoms with Gasteiger partial charge in [0.1, 0.15) is 36.8 Å². The molecule has 6 rings (SSSR count). The first kappa shape index (κ1) is 38.1. The fraction of sp³-hybridized carbons (Fsp3) is 0.333. The predicted octanol–water partition coefficient (Wildman–Crippen LogP) is 6.10. The topological polar surface area (TPSA) is 189 Å². The Morgan fingerprint density at radius 3 is 2.52 bits per heavy atom. The highest BCUT2D eigenvalue weighted by Crippen LogP contribution is 2.39. The molecular weight excluding hydrogens is 714 g/mol. The monoisotopic (exact) mass is 753 g/mol. The number of aromatic nitrogens is 3. The molecule has 1 aliphatic rings. The number of nitrogens with one attached hydrogen (secondary N) is 1. The van der Waals surface area contributed by atoms with Crippen molar-refractivity contribution < 1.29 is 29.4 Å². The lowest BCUT2D eigenvalue weighted by atomic mass is 9.97. The quantitative estimate of drug-likeness (QED) is 0.0531. The smallest absolute Gasteiger partial charge is 0.323 e. The highest BCUT2D eigenvalue weighted by molar-refractivity contribution is 6.32. The molecule has 280 valence electrons. The second kappa shape index (κ2) is 18.0. The van der Waals surface area contributed by atoms with Gasteiger partial charge in [-0.2, -0.15) is 10.4 Å². The van der Waals surface area contributed by atoms with Crippen LogP contribution in [0.1, 0.15) is 47.9 Å². The van der Waals surface area contributed by atoms with E-state index in [2.05, 4.69) is 20.3 Å². The maximum atomic E-state index is 12.7. The minimum Gasteiger partial charge on any atom is -0.488 e. The van der Waals surface area contributed by atoms with Crippen LogP contribution in [0.3, 0.4) is 0 Å². The minimum absolute atomic E-state index is 0.00714. The fourth-order valence-corrected chi connectivity index (χ4v) is 6.87. The Hall–Kier alpha value is -5.59. The molecule has 1 atom stereocenters. The van der Waals surface area contributed by atoms with E-state index in [1.165, 1.54) is 44.3 Å². The molecule has 54 heavy (non-hydrogen) atoms. The third-order valence-corrected chi connectivity index (χ3v) is 9.70. The number of unbranched alkanes of at least 4 members (excludes halogenated alkanes) is 1. The van der Waals surface area contributed by atoms with Crippen molar-refractivity contribution in [3.8, 4) is 28.7 Å². The van der Waals surface area contributed by atoms with Crippen molar-refractivity contribution in [3.05, 3.63) is 111 Å². The SMILES string of the molecule is N#Cc1cncc(COc2cc(OCc3cccc(-c4cccc5c4cnn5CCCCN4CCCC4)c3[N+](=O)[O-])c(Cl)cc2CNC(CO)C(=O)O)c1. The zero-order chi connectivity index (χ0) is 38.0. The van der Waals surface area contributed by atoms with E-state index in [1.54, 1.807) is 36.7 Å². The summed E-state index contributed by atoms with van der Waals surface area (Å²) in [6.45, 7) is 3.32. The number of aliphatic carboxylic acids is 1. The lowest BCUT2D eigenvalue weighted by Crippen LogP contribution is -2.39. The average Bonchev–Trinajstić information content (AvgIpc) is 3.86. The highest BCUT2D eigenvalue weighted by Gasteiger charge is 2.24. The highest BCUT2D eigenvalue weighted by atomic mass is 35.5. The van der Waals surface area contributed by atoms with Crippen molar-refractivity contribution in [2.24, 2.45) is 0 Å².